The molecule has 0 bridgehead atoms. The van der Waals surface area contributed by atoms with E-state index in [1.54, 1.807) is 6.92 Å². The highest BCUT2D eigenvalue weighted by molar-refractivity contribution is 5.98. The Bertz CT molecular complexity index is 717. The molecule has 1 aliphatic rings. The summed E-state index contributed by atoms with van der Waals surface area (Å²) >= 11 is 0. The standard InChI is InChI=1S/C18H25N3O3/c1-18(23,13-21-7-9-24-10-8-21)12-19-17(22)16-11-14-5-3-4-6-15(14)20(16)2/h3-6,11,23H,7-10,12-13H2,1-2H3,(H,19,22). The summed E-state index contributed by atoms with van der Waals surface area (Å²) < 4.78 is 7.19. The van der Waals surface area contributed by atoms with Crippen molar-refractivity contribution < 1.29 is 14.6 Å². The zero-order valence-electron chi connectivity index (χ0n) is 14.3. The average molecular weight is 331 g/mol. The third kappa shape index (κ3) is 3.77. The molecule has 0 spiro atoms. The van der Waals surface area contributed by atoms with E-state index in [2.05, 4.69) is 10.2 Å². The molecule has 0 aliphatic carbocycles. The molecule has 2 N–H and O–H groups in total. The van der Waals surface area contributed by atoms with Crippen LogP contribution in [0, 0.1) is 0 Å². The molecule has 0 radical (unpaired) electrons. The molecule has 3 rings (SSSR count). The van der Waals surface area contributed by atoms with Crippen LogP contribution in [0.25, 0.3) is 10.9 Å². The van der Waals surface area contributed by atoms with Gasteiger partial charge in [0, 0.05) is 44.1 Å². The first-order valence-corrected chi connectivity index (χ1v) is 8.31. The van der Waals surface area contributed by atoms with Crippen LogP contribution in [0.3, 0.4) is 0 Å². The monoisotopic (exact) mass is 331 g/mol. The Morgan fingerprint density at radius 2 is 2.04 bits per heavy atom. The van der Waals surface area contributed by atoms with Gasteiger partial charge < -0.3 is 19.7 Å². The topological polar surface area (TPSA) is 66.7 Å². The van der Waals surface area contributed by atoms with Crippen LogP contribution in [-0.2, 0) is 11.8 Å². The molecule has 1 aromatic carbocycles. The summed E-state index contributed by atoms with van der Waals surface area (Å²) in [7, 11) is 1.88. The first-order chi connectivity index (χ1) is 11.5. The van der Waals surface area contributed by atoms with Crippen molar-refractivity contribution in [3.63, 3.8) is 0 Å². The van der Waals surface area contributed by atoms with Crippen molar-refractivity contribution in [3.8, 4) is 0 Å². The highest BCUT2D eigenvalue weighted by Crippen LogP contribution is 2.18. The number of fused-ring (bicyclic) bond motifs is 1. The van der Waals surface area contributed by atoms with Crippen LogP contribution < -0.4 is 5.32 Å². The van der Waals surface area contributed by atoms with Crippen molar-refractivity contribution in [2.45, 2.75) is 12.5 Å². The Hall–Kier alpha value is -1.89. The number of carbonyl (C=O) groups is 1. The molecule has 0 saturated carbocycles. The third-order valence-electron chi connectivity index (χ3n) is 4.48. The van der Waals surface area contributed by atoms with Gasteiger partial charge in [0.1, 0.15) is 5.69 Å². The smallest absolute Gasteiger partial charge is 0.268 e. The molecule has 1 atom stereocenters. The summed E-state index contributed by atoms with van der Waals surface area (Å²) in [5, 5.41) is 14.5. The first kappa shape index (κ1) is 17.0. The normalized spacial score (nSPS) is 18.5. The first-order valence-electron chi connectivity index (χ1n) is 8.31. The van der Waals surface area contributed by atoms with Crippen molar-refractivity contribution in [1.29, 1.82) is 0 Å². The Morgan fingerprint density at radius 1 is 1.33 bits per heavy atom. The number of aryl methyl sites for hydroxylation is 1. The number of ether oxygens (including phenoxy) is 1. The van der Waals surface area contributed by atoms with Gasteiger partial charge >= 0.3 is 0 Å². The van der Waals surface area contributed by atoms with E-state index in [-0.39, 0.29) is 12.5 Å². The van der Waals surface area contributed by atoms with Gasteiger partial charge in [0.05, 0.1) is 18.8 Å². The lowest BCUT2D eigenvalue weighted by atomic mass is 10.1. The van der Waals surface area contributed by atoms with Gasteiger partial charge in [-0.05, 0) is 19.1 Å². The summed E-state index contributed by atoms with van der Waals surface area (Å²) in [6.07, 6.45) is 0. The van der Waals surface area contributed by atoms with E-state index < -0.39 is 5.60 Å². The second-order valence-electron chi connectivity index (χ2n) is 6.72. The molecule has 130 valence electrons. The van der Waals surface area contributed by atoms with Gasteiger partial charge in [-0.15, -0.1) is 0 Å². The quantitative estimate of drug-likeness (QED) is 0.857. The number of benzene rings is 1. The van der Waals surface area contributed by atoms with Crippen molar-refractivity contribution in [3.05, 3.63) is 36.0 Å². The van der Waals surface area contributed by atoms with Crippen LogP contribution in [0.4, 0.5) is 0 Å². The van der Waals surface area contributed by atoms with Gasteiger partial charge in [-0.3, -0.25) is 9.69 Å². The second kappa shape index (κ2) is 6.93. The minimum Gasteiger partial charge on any atom is -0.387 e. The fourth-order valence-corrected chi connectivity index (χ4v) is 3.16. The minimum absolute atomic E-state index is 0.170. The molecule has 1 saturated heterocycles. The summed E-state index contributed by atoms with van der Waals surface area (Å²) in [5.74, 6) is -0.170. The Balaban J connectivity index is 1.62. The lowest BCUT2D eigenvalue weighted by Gasteiger charge is -2.33. The zero-order valence-corrected chi connectivity index (χ0v) is 14.3. The number of hydrogen-bond donors (Lipinski definition) is 2. The van der Waals surface area contributed by atoms with E-state index in [1.807, 2.05) is 41.9 Å². The predicted molar refractivity (Wildman–Crippen MR) is 93.1 cm³/mol. The number of para-hydroxylation sites is 1. The van der Waals surface area contributed by atoms with E-state index in [0.29, 0.717) is 25.5 Å². The molecule has 2 heterocycles. The third-order valence-corrected chi connectivity index (χ3v) is 4.48. The van der Waals surface area contributed by atoms with Crippen LogP contribution in [-0.4, -0.2) is 65.5 Å². The molecule has 6 heteroatoms. The number of nitrogens with one attached hydrogen (secondary N) is 1. The van der Waals surface area contributed by atoms with E-state index in [0.717, 1.165) is 24.0 Å². The summed E-state index contributed by atoms with van der Waals surface area (Å²) in [5.41, 5.74) is 0.638. The molecular formula is C18H25N3O3. The minimum atomic E-state index is -0.975. The summed E-state index contributed by atoms with van der Waals surface area (Å²) in [4.78, 5) is 14.7. The van der Waals surface area contributed by atoms with E-state index >= 15 is 0 Å². The maximum absolute atomic E-state index is 12.5. The average Bonchev–Trinajstić information content (AvgIpc) is 2.91. The summed E-state index contributed by atoms with van der Waals surface area (Å²) in [6.45, 7) is 5.50. The highest BCUT2D eigenvalue weighted by Gasteiger charge is 2.26. The fourth-order valence-electron chi connectivity index (χ4n) is 3.16. The maximum Gasteiger partial charge on any atom is 0.268 e. The number of hydrogen-bond acceptors (Lipinski definition) is 4. The molecule has 1 fully saturated rings. The van der Waals surface area contributed by atoms with Crippen molar-refractivity contribution in [2.75, 3.05) is 39.4 Å². The van der Waals surface area contributed by atoms with Gasteiger partial charge in [0.15, 0.2) is 0 Å². The van der Waals surface area contributed by atoms with Crippen LogP contribution in [0.2, 0.25) is 0 Å². The van der Waals surface area contributed by atoms with E-state index in [4.69, 9.17) is 4.74 Å². The highest BCUT2D eigenvalue weighted by atomic mass is 16.5. The number of rotatable bonds is 5. The molecule has 1 aromatic heterocycles. The Kier molecular flexibility index (Phi) is 4.89. The number of morpholine rings is 1. The number of aliphatic hydroxyl groups is 1. The maximum atomic E-state index is 12.5. The number of amides is 1. The van der Waals surface area contributed by atoms with Crippen LogP contribution in [0.1, 0.15) is 17.4 Å². The molecule has 1 unspecified atom stereocenters. The molecule has 1 amide bonds. The molecule has 2 aromatic rings. The Labute approximate surface area is 142 Å². The number of β-amino-alcohol motifs (C(OH)–C–C–N with tert-alkyl or cyclic N) is 1. The van der Waals surface area contributed by atoms with Gasteiger partial charge in [-0.1, -0.05) is 18.2 Å². The largest absolute Gasteiger partial charge is 0.387 e. The van der Waals surface area contributed by atoms with Gasteiger partial charge in [0.2, 0.25) is 0 Å². The zero-order chi connectivity index (χ0) is 17.2. The molecule has 6 nitrogen and oxygen atoms in total. The predicted octanol–water partition coefficient (Wildman–Crippen LogP) is 0.991. The van der Waals surface area contributed by atoms with Crippen LogP contribution >= 0.6 is 0 Å². The SMILES string of the molecule is Cn1c(C(=O)NCC(C)(O)CN2CCOCC2)cc2ccccc21. The number of aromatic nitrogens is 1. The van der Waals surface area contributed by atoms with Gasteiger partial charge in [0.25, 0.3) is 5.91 Å². The van der Waals surface area contributed by atoms with Crippen molar-refractivity contribution >= 4 is 16.8 Å². The number of carbonyl (C=O) groups excluding carboxylic acids is 1. The lowest BCUT2D eigenvalue weighted by molar-refractivity contribution is -0.0213. The summed E-state index contributed by atoms with van der Waals surface area (Å²) in [6, 6.07) is 9.76. The van der Waals surface area contributed by atoms with Crippen LogP contribution in [0.15, 0.2) is 30.3 Å². The number of nitrogens with zero attached hydrogens (tertiary/aromatic N) is 2. The van der Waals surface area contributed by atoms with Crippen molar-refractivity contribution in [1.82, 2.24) is 14.8 Å². The van der Waals surface area contributed by atoms with E-state index in [1.165, 1.54) is 0 Å². The van der Waals surface area contributed by atoms with Crippen molar-refractivity contribution in [2.24, 2.45) is 7.05 Å². The molecule has 1 aliphatic heterocycles. The Morgan fingerprint density at radius 3 is 2.75 bits per heavy atom. The van der Waals surface area contributed by atoms with Gasteiger partial charge in [-0.25, -0.2) is 0 Å². The fraction of sp³-hybridized carbons (Fsp3) is 0.500. The van der Waals surface area contributed by atoms with Crippen LogP contribution in [0.5, 0.6) is 0 Å². The van der Waals surface area contributed by atoms with Gasteiger partial charge in [-0.2, -0.15) is 0 Å². The molecule has 24 heavy (non-hydrogen) atoms. The second-order valence-corrected chi connectivity index (χ2v) is 6.72. The van der Waals surface area contributed by atoms with E-state index in [9.17, 15) is 9.90 Å². The lowest BCUT2D eigenvalue weighted by Crippen LogP contribution is -2.51. The molecular weight excluding hydrogens is 306 g/mol.